The van der Waals surface area contributed by atoms with Crippen LogP contribution in [-0.4, -0.2) is 6.29 Å². The summed E-state index contributed by atoms with van der Waals surface area (Å²) in [6.07, 6.45) is 34.4. The van der Waals surface area contributed by atoms with E-state index >= 15 is 0 Å². The van der Waals surface area contributed by atoms with Crippen LogP contribution in [0.25, 0.3) is 0 Å². The Morgan fingerprint density at radius 3 is 1.24 bits per heavy atom. The Morgan fingerprint density at radius 2 is 0.879 bits per heavy atom. The van der Waals surface area contributed by atoms with E-state index in [9.17, 15) is 4.79 Å². The Labute approximate surface area is 208 Å². The highest BCUT2D eigenvalue weighted by molar-refractivity contribution is 5.53. The smallest absolute Gasteiger partial charge is 0.123 e. The van der Waals surface area contributed by atoms with Crippen LogP contribution >= 0.6 is 0 Å². The molecule has 0 aromatic carbocycles. The molecule has 0 aromatic heterocycles. The van der Waals surface area contributed by atoms with Crippen LogP contribution in [0.4, 0.5) is 0 Å². The third kappa shape index (κ3) is 12.1. The molecule has 0 unspecified atom stereocenters. The highest BCUT2D eigenvalue weighted by Crippen LogP contribution is 2.35. The van der Waals surface area contributed by atoms with E-state index in [1.165, 1.54) is 116 Å². The molecule has 33 heavy (non-hydrogen) atoms. The summed E-state index contributed by atoms with van der Waals surface area (Å²) < 4.78 is 0. The van der Waals surface area contributed by atoms with Gasteiger partial charge in [-0.15, -0.1) is 0 Å². The third-order valence-electron chi connectivity index (χ3n) is 9.13. The second-order valence-electron chi connectivity index (χ2n) is 11.9. The van der Waals surface area contributed by atoms with Crippen LogP contribution in [-0.2, 0) is 4.79 Å². The zero-order chi connectivity index (χ0) is 23.7. The Bertz CT molecular complexity index is 485. The van der Waals surface area contributed by atoms with Crippen molar-refractivity contribution >= 4 is 6.29 Å². The fourth-order valence-electron chi connectivity index (χ4n) is 6.77. The topological polar surface area (TPSA) is 17.1 Å². The van der Waals surface area contributed by atoms with Gasteiger partial charge in [0.1, 0.15) is 6.29 Å². The lowest BCUT2D eigenvalue weighted by Crippen LogP contribution is -2.15. The molecule has 0 aromatic rings. The summed E-state index contributed by atoms with van der Waals surface area (Å²) >= 11 is 0. The SMILES string of the molecule is CCCC1CCC(C=O)CC1.CCCCCC1CCC(C=CC2CCC(CCC)CC2)CC1. The molecule has 0 radical (unpaired) electrons. The van der Waals surface area contributed by atoms with E-state index in [-0.39, 0.29) is 0 Å². The molecule has 0 spiro atoms. The van der Waals surface area contributed by atoms with Crippen LogP contribution in [0.3, 0.4) is 0 Å². The summed E-state index contributed by atoms with van der Waals surface area (Å²) in [5.74, 6) is 5.25. The van der Waals surface area contributed by atoms with Crippen molar-refractivity contribution in [2.24, 2.45) is 35.5 Å². The van der Waals surface area contributed by atoms with Gasteiger partial charge in [0.25, 0.3) is 0 Å². The average Bonchev–Trinajstić information content (AvgIpc) is 2.86. The molecule has 3 aliphatic rings. The third-order valence-corrected chi connectivity index (χ3v) is 9.13. The van der Waals surface area contributed by atoms with Crippen molar-refractivity contribution in [1.82, 2.24) is 0 Å². The normalized spacial score (nSPS) is 32.8. The van der Waals surface area contributed by atoms with E-state index in [1.54, 1.807) is 0 Å². The molecule has 0 bridgehead atoms. The second-order valence-corrected chi connectivity index (χ2v) is 11.9. The lowest BCUT2D eigenvalue weighted by Gasteiger charge is -2.29. The van der Waals surface area contributed by atoms with Crippen LogP contribution < -0.4 is 0 Å². The van der Waals surface area contributed by atoms with Crippen LogP contribution in [0, 0.1) is 35.5 Å². The van der Waals surface area contributed by atoms with Gasteiger partial charge >= 0.3 is 0 Å². The second kappa shape index (κ2) is 17.8. The molecule has 1 nitrogen and oxygen atoms in total. The number of hydrogen-bond acceptors (Lipinski definition) is 1. The van der Waals surface area contributed by atoms with E-state index in [0.29, 0.717) is 5.92 Å². The predicted molar refractivity (Wildman–Crippen MR) is 146 cm³/mol. The van der Waals surface area contributed by atoms with Gasteiger partial charge < -0.3 is 4.79 Å². The first kappa shape index (κ1) is 28.6. The Kier molecular flexibility index (Phi) is 15.4. The maximum atomic E-state index is 10.4. The van der Waals surface area contributed by atoms with E-state index in [1.807, 2.05) is 0 Å². The summed E-state index contributed by atoms with van der Waals surface area (Å²) in [6, 6.07) is 0. The zero-order valence-corrected chi connectivity index (χ0v) is 22.7. The van der Waals surface area contributed by atoms with Crippen molar-refractivity contribution in [2.75, 3.05) is 0 Å². The fraction of sp³-hybridized carbons (Fsp3) is 0.906. The number of rotatable bonds is 11. The van der Waals surface area contributed by atoms with Gasteiger partial charge in [0.15, 0.2) is 0 Å². The van der Waals surface area contributed by atoms with Gasteiger partial charge in [0.05, 0.1) is 0 Å². The van der Waals surface area contributed by atoms with Crippen LogP contribution in [0.2, 0.25) is 0 Å². The number of allylic oxidation sites excluding steroid dienone is 2. The first-order valence-corrected chi connectivity index (χ1v) is 15.3. The molecule has 1 heteroatoms. The van der Waals surface area contributed by atoms with Crippen molar-refractivity contribution in [3.05, 3.63) is 12.2 Å². The van der Waals surface area contributed by atoms with Gasteiger partial charge in [-0.05, 0) is 107 Å². The van der Waals surface area contributed by atoms with Crippen molar-refractivity contribution in [3.8, 4) is 0 Å². The summed E-state index contributed by atoms with van der Waals surface area (Å²) in [5, 5.41) is 0. The molecule has 3 aliphatic carbocycles. The minimum Gasteiger partial charge on any atom is -0.303 e. The Morgan fingerprint density at radius 1 is 0.485 bits per heavy atom. The minimum absolute atomic E-state index is 0.392. The average molecular weight is 459 g/mol. The molecular weight excluding hydrogens is 400 g/mol. The van der Waals surface area contributed by atoms with Crippen LogP contribution in [0.15, 0.2) is 12.2 Å². The standard InChI is InChI=1S/C22H40.C10H18O/c1-3-5-6-8-20-11-15-22(16-12-20)18-17-21-13-9-19(7-4-2)10-14-21;1-2-3-9-4-6-10(8-11)7-5-9/h17-22H,3-16H2,1-2H3;8-10H,2-7H2,1H3. The molecule has 0 heterocycles. The molecule has 0 N–H and O–H groups in total. The molecule has 3 saturated carbocycles. The van der Waals surface area contributed by atoms with E-state index < -0.39 is 0 Å². The molecular formula is C32H58O. The quantitative estimate of drug-likeness (QED) is 0.171. The first-order chi connectivity index (χ1) is 16.2. The molecule has 192 valence electrons. The summed E-state index contributed by atoms with van der Waals surface area (Å²) in [6.45, 7) is 6.90. The number of carbonyl (C=O) groups excluding carboxylic acids is 1. The number of hydrogen-bond donors (Lipinski definition) is 0. The summed E-state index contributed by atoms with van der Waals surface area (Å²) in [5.41, 5.74) is 0. The van der Waals surface area contributed by atoms with Gasteiger partial charge in [0.2, 0.25) is 0 Å². The highest BCUT2D eigenvalue weighted by Gasteiger charge is 2.22. The highest BCUT2D eigenvalue weighted by atomic mass is 16.1. The zero-order valence-electron chi connectivity index (χ0n) is 22.7. The Hall–Kier alpha value is -0.590. The molecule has 3 rings (SSSR count). The van der Waals surface area contributed by atoms with Crippen molar-refractivity contribution in [3.63, 3.8) is 0 Å². The molecule has 0 atom stereocenters. The lowest BCUT2D eigenvalue weighted by atomic mass is 9.77. The van der Waals surface area contributed by atoms with Gasteiger partial charge in [-0.1, -0.05) is 84.3 Å². The van der Waals surface area contributed by atoms with Gasteiger partial charge in [-0.25, -0.2) is 0 Å². The summed E-state index contributed by atoms with van der Waals surface area (Å²) in [7, 11) is 0. The fourth-order valence-corrected chi connectivity index (χ4v) is 6.77. The molecule has 0 amide bonds. The van der Waals surface area contributed by atoms with Gasteiger partial charge in [0, 0.05) is 5.92 Å². The number of aldehydes is 1. The van der Waals surface area contributed by atoms with Crippen molar-refractivity contribution < 1.29 is 4.79 Å². The van der Waals surface area contributed by atoms with Crippen LogP contribution in [0.5, 0.6) is 0 Å². The Balaban J connectivity index is 0.000000294. The maximum absolute atomic E-state index is 10.4. The monoisotopic (exact) mass is 458 g/mol. The van der Waals surface area contributed by atoms with Crippen molar-refractivity contribution in [2.45, 2.75) is 149 Å². The summed E-state index contributed by atoms with van der Waals surface area (Å²) in [4.78, 5) is 10.4. The molecule has 0 saturated heterocycles. The van der Waals surface area contributed by atoms with Gasteiger partial charge in [-0.3, -0.25) is 0 Å². The largest absolute Gasteiger partial charge is 0.303 e. The van der Waals surface area contributed by atoms with Crippen molar-refractivity contribution in [1.29, 1.82) is 0 Å². The minimum atomic E-state index is 0.392. The van der Waals surface area contributed by atoms with E-state index in [0.717, 1.165) is 48.7 Å². The number of unbranched alkanes of at least 4 members (excludes halogenated alkanes) is 2. The lowest BCUT2D eigenvalue weighted by molar-refractivity contribution is -0.112. The maximum Gasteiger partial charge on any atom is 0.123 e. The van der Waals surface area contributed by atoms with Gasteiger partial charge in [-0.2, -0.15) is 0 Å². The van der Waals surface area contributed by atoms with E-state index in [2.05, 4.69) is 32.9 Å². The number of carbonyl (C=O) groups is 1. The van der Waals surface area contributed by atoms with Crippen LogP contribution in [0.1, 0.15) is 149 Å². The van der Waals surface area contributed by atoms with E-state index in [4.69, 9.17) is 0 Å². The predicted octanol–water partition coefficient (Wildman–Crippen LogP) is 10.3. The first-order valence-electron chi connectivity index (χ1n) is 15.3. The molecule has 3 fully saturated rings. The molecule has 0 aliphatic heterocycles.